The molecular formula is C8H18N2O4S2. The maximum Gasteiger partial charge on any atom is 0.212 e. The Morgan fingerprint density at radius 3 is 2.44 bits per heavy atom. The molecule has 8 heteroatoms. The average molecular weight is 270 g/mol. The minimum Gasteiger partial charge on any atom is -0.315 e. The summed E-state index contributed by atoms with van der Waals surface area (Å²) in [5, 5.41) is 3.08. The predicted octanol–water partition coefficient (Wildman–Crippen LogP) is -1.30. The Bertz CT molecular complexity index is 409. The van der Waals surface area contributed by atoms with E-state index in [9.17, 15) is 16.8 Å². The number of sulfonamides is 1. The predicted molar refractivity (Wildman–Crippen MR) is 62.5 cm³/mol. The van der Waals surface area contributed by atoms with Gasteiger partial charge in [0.25, 0.3) is 0 Å². The summed E-state index contributed by atoms with van der Waals surface area (Å²) in [5.41, 5.74) is 0. The second-order valence-electron chi connectivity index (χ2n) is 4.11. The van der Waals surface area contributed by atoms with Crippen LogP contribution in [0.2, 0.25) is 0 Å². The second-order valence-corrected chi connectivity index (χ2v) is 8.24. The van der Waals surface area contributed by atoms with Gasteiger partial charge in [-0.1, -0.05) is 0 Å². The standard InChI is InChI=1S/C8H18N2O4S2/c1-15(11,12)5-6-16(13,14)10-8-3-2-4-9-7-8/h8-10H,2-7H2,1H3/t8-/m0/s1. The minimum atomic E-state index is -3.48. The first-order chi connectivity index (χ1) is 7.29. The van der Waals surface area contributed by atoms with E-state index in [0.717, 1.165) is 25.6 Å². The third kappa shape index (κ3) is 5.78. The molecule has 0 bridgehead atoms. The summed E-state index contributed by atoms with van der Waals surface area (Å²) in [6.07, 6.45) is 2.76. The molecule has 1 rings (SSSR count). The SMILES string of the molecule is CS(=O)(=O)CCS(=O)(=O)N[C@H]1CCCNC1. The molecule has 0 radical (unpaired) electrons. The van der Waals surface area contributed by atoms with E-state index in [-0.39, 0.29) is 17.5 Å². The summed E-state index contributed by atoms with van der Waals surface area (Å²) < 4.78 is 47.3. The Labute approximate surface area is 96.8 Å². The molecule has 1 aliphatic rings. The first-order valence-electron chi connectivity index (χ1n) is 5.17. The molecule has 0 amide bonds. The number of sulfone groups is 1. The molecule has 6 nitrogen and oxygen atoms in total. The van der Waals surface area contributed by atoms with Crippen LogP contribution >= 0.6 is 0 Å². The van der Waals surface area contributed by atoms with Gasteiger partial charge in [0.2, 0.25) is 10.0 Å². The monoisotopic (exact) mass is 270 g/mol. The lowest BCUT2D eigenvalue weighted by molar-refractivity contribution is 0.429. The van der Waals surface area contributed by atoms with Gasteiger partial charge in [0.1, 0.15) is 9.84 Å². The van der Waals surface area contributed by atoms with E-state index in [2.05, 4.69) is 10.0 Å². The Kier molecular flexibility index (Phi) is 4.72. The fourth-order valence-corrected chi connectivity index (χ4v) is 4.44. The van der Waals surface area contributed by atoms with Crippen molar-refractivity contribution in [2.75, 3.05) is 30.9 Å². The lowest BCUT2D eigenvalue weighted by atomic mass is 10.1. The third-order valence-electron chi connectivity index (χ3n) is 2.37. The molecule has 0 aliphatic carbocycles. The molecule has 0 unspecified atom stereocenters. The quantitative estimate of drug-likeness (QED) is 0.648. The van der Waals surface area contributed by atoms with Crippen LogP contribution < -0.4 is 10.0 Å². The normalized spacial score (nSPS) is 23.2. The third-order valence-corrected chi connectivity index (χ3v) is 5.00. The Hall–Kier alpha value is -0.180. The first kappa shape index (κ1) is 13.9. The van der Waals surface area contributed by atoms with E-state index in [0.29, 0.717) is 6.54 Å². The van der Waals surface area contributed by atoms with Gasteiger partial charge in [-0.15, -0.1) is 0 Å². The van der Waals surface area contributed by atoms with Crippen molar-refractivity contribution < 1.29 is 16.8 Å². The van der Waals surface area contributed by atoms with E-state index in [1.165, 1.54) is 0 Å². The topological polar surface area (TPSA) is 92.3 Å². The summed E-state index contributed by atoms with van der Waals surface area (Å²) in [7, 11) is -6.72. The average Bonchev–Trinajstić information content (AvgIpc) is 2.15. The van der Waals surface area contributed by atoms with Crippen molar-refractivity contribution in [1.29, 1.82) is 0 Å². The zero-order chi connectivity index (χ0) is 12.2. The van der Waals surface area contributed by atoms with Crippen LogP contribution in [-0.2, 0) is 19.9 Å². The van der Waals surface area contributed by atoms with Gasteiger partial charge in [-0.2, -0.15) is 0 Å². The molecule has 0 aromatic carbocycles. The van der Waals surface area contributed by atoms with Crippen LogP contribution in [0, 0.1) is 0 Å². The molecule has 16 heavy (non-hydrogen) atoms. The van der Waals surface area contributed by atoms with Gasteiger partial charge >= 0.3 is 0 Å². The fourth-order valence-electron chi connectivity index (χ4n) is 1.53. The Balaban J connectivity index is 2.44. The highest BCUT2D eigenvalue weighted by molar-refractivity contribution is 7.93. The molecule has 1 aliphatic heterocycles. The molecule has 0 saturated carbocycles. The van der Waals surface area contributed by atoms with Crippen molar-refractivity contribution >= 4 is 19.9 Å². The number of hydrogen-bond acceptors (Lipinski definition) is 5. The van der Waals surface area contributed by atoms with Crippen molar-refractivity contribution in [2.45, 2.75) is 18.9 Å². The van der Waals surface area contributed by atoms with Crippen LogP contribution in [0.5, 0.6) is 0 Å². The van der Waals surface area contributed by atoms with Crippen LogP contribution in [0.3, 0.4) is 0 Å². The highest BCUT2D eigenvalue weighted by atomic mass is 32.2. The lowest BCUT2D eigenvalue weighted by Gasteiger charge is -2.23. The van der Waals surface area contributed by atoms with Gasteiger partial charge in [0.15, 0.2) is 0 Å². The van der Waals surface area contributed by atoms with E-state index in [1.54, 1.807) is 0 Å². The summed E-state index contributed by atoms with van der Waals surface area (Å²) in [6.45, 7) is 1.51. The first-order valence-corrected chi connectivity index (χ1v) is 8.88. The van der Waals surface area contributed by atoms with Gasteiger partial charge in [0, 0.05) is 18.8 Å². The summed E-state index contributed by atoms with van der Waals surface area (Å²) in [6, 6.07) is -0.113. The van der Waals surface area contributed by atoms with Crippen LogP contribution in [0.15, 0.2) is 0 Å². The van der Waals surface area contributed by atoms with Crippen LogP contribution in [0.4, 0.5) is 0 Å². The van der Waals surface area contributed by atoms with Crippen molar-refractivity contribution in [3.63, 3.8) is 0 Å². The van der Waals surface area contributed by atoms with E-state index in [1.807, 2.05) is 0 Å². The van der Waals surface area contributed by atoms with Crippen LogP contribution in [0.1, 0.15) is 12.8 Å². The van der Waals surface area contributed by atoms with Crippen molar-refractivity contribution in [3.05, 3.63) is 0 Å². The maximum atomic E-state index is 11.5. The zero-order valence-corrected chi connectivity index (χ0v) is 10.9. The molecular weight excluding hydrogens is 252 g/mol. The molecule has 2 N–H and O–H groups in total. The molecule has 1 fully saturated rings. The number of nitrogens with one attached hydrogen (secondary N) is 2. The van der Waals surface area contributed by atoms with Gasteiger partial charge < -0.3 is 5.32 Å². The van der Waals surface area contributed by atoms with Gasteiger partial charge in [-0.3, -0.25) is 0 Å². The minimum absolute atomic E-state index is 0.113. The highest BCUT2D eigenvalue weighted by Gasteiger charge is 2.20. The van der Waals surface area contributed by atoms with Crippen molar-refractivity contribution in [3.8, 4) is 0 Å². The smallest absolute Gasteiger partial charge is 0.212 e. The molecule has 1 saturated heterocycles. The number of hydrogen-bond donors (Lipinski definition) is 2. The summed E-state index contributed by atoms with van der Waals surface area (Å²) in [5.74, 6) is -0.690. The van der Waals surface area contributed by atoms with Gasteiger partial charge in [-0.05, 0) is 19.4 Å². The molecule has 96 valence electrons. The second kappa shape index (κ2) is 5.44. The maximum absolute atomic E-state index is 11.5. The Morgan fingerprint density at radius 1 is 1.25 bits per heavy atom. The molecule has 0 spiro atoms. The summed E-state index contributed by atoms with van der Waals surface area (Å²) in [4.78, 5) is 0. The lowest BCUT2D eigenvalue weighted by Crippen LogP contribution is -2.46. The molecule has 1 atom stereocenters. The van der Waals surface area contributed by atoms with Gasteiger partial charge in [-0.25, -0.2) is 21.6 Å². The fraction of sp³-hybridized carbons (Fsp3) is 1.00. The van der Waals surface area contributed by atoms with E-state index in [4.69, 9.17) is 0 Å². The summed E-state index contributed by atoms with van der Waals surface area (Å²) >= 11 is 0. The number of rotatable bonds is 5. The van der Waals surface area contributed by atoms with Crippen molar-refractivity contribution in [1.82, 2.24) is 10.0 Å². The molecule has 0 aromatic rings. The highest BCUT2D eigenvalue weighted by Crippen LogP contribution is 2.03. The molecule has 0 aromatic heterocycles. The Morgan fingerprint density at radius 2 is 1.94 bits per heavy atom. The molecule has 1 heterocycles. The largest absolute Gasteiger partial charge is 0.315 e. The number of piperidine rings is 1. The zero-order valence-electron chi connectivity index (χ0n) is 9.27. The van der Waals surface area contributed by atoms with E-state index < -0.39 is 19.9 Å². The van der Waals surface area contributed by atoms with Crippen LogP contribution in [0.25, 0.3) is 0 Å². The van der Waals surface area contributed by atoms with Gasteiger partial charge in [0.05, 0.1) is 11.5 Å². The van der Waals surface area contributed by atoms with Crippen molar-refractivity contribution in [2.24, 2.45) is 0 Å². The van der Waals surface area contributed by atoms with E-state index >= 15 is 0 Å². The van der Waals surface area contributed by atoms with Crippen LogP contribution in [-0.4, -0.2) is 53.7 Å².